The van der Waals surface area contributed by atoms with Crippen molar-refractivity contribution in [2.45, 2.75) is 25.3 Å². The minimum atomic E-state index is -0.161. The number of aromatic amines is 1. The summed E-state index contributed by atoms with van der Waals surface area (Å²) < 4.78 is 0. The van der Waals surface area contributed by atoms with Crippen molar-refractivity contribution in [3.05, 3.63) is 18.0 Å². The maximum atomic E-state index is 12.2. The first-order valence-electron chi connectivity index (χ1n) is 5.97. The fourth-order valence-electron chi connectivity index (χ4n) is 2.16. The number of amides is 1. The topological polar surface area (TPSA) is 82.1 Å². The Morgan fingerprint density at radius 3 is 3.00 bits per heavy atom. The first-order chi connectivity index (χ1) is 8.66. The van der Waals surface area contributed by atoms with E-state index in [1.54, 1.807) is 18.0 Å². The summed E-state index contributed by atoms with van der Waals surface area (Å²) in [5.74, 6) is -0.321. The van der Waals surface area contributed by atoms with Gasteiger partial charge in [-0.3, -0.25) is 9.89 Å². The van der Waals surface area contributed by atoms with Crippen molar-refractivity contribution in [2.75, 3.05) is 7.05 Å². The molecule has 1 aliphatic rings. The Labute approximate surface area is 104 Å². The van der Waals surface area contributed by atoms with E-state index < -0.39 is 0 Å². The summed E-state index contributed by atoms with van der Waals surface area (Å²) in [4.78, 5) is 17.9. The summed E-state index contributed by atoms with van der Waals surface area (Å²) in [6.45, 7) is 0. The molecule has 1 amide bonds. The third-order valence-corrected chi connectivity index (χ3v) is 3.58. The number of rotatable bonds is 2. The molecule has 2 aromatic heterocycles. The molecule has 0 unspecified atom stereocenters. The molecule has 1 aliphatic carbocycles. The van der Waals surface area contributed by atoms with Crippen LogP contribution in [-0.4, -0.2) is 44.2 Å². The molecule has 3 rings (SSSR count). The van der Waals surface area contributed by atoms with Gasteiger partial charge in [-0.15, -0.1) is 0 Å². The van der Waals surface area contributed by atoms with Gasteiger partial charge in [0, 0.05) is 13.1 Å². The summed E-state index contributed by atoms with van der Waals surface area (Å²) in [6.07, 6.45) is 4.74. The molecule has 0 spiro atoms. The quantitative estimate of drug-likeness (QED) is 0.836. The van der Waals surface area contributed by atoms with E-state index in [2.05, 4.69) is 15.2 Å². The molecule has 0 aliphatic heterocycles. The first kappa shape index (κ1) is 11.0. The van der Waals surface area contributed by atoms with E-state index in [0.717, 1.165) is 12.8 Å². The summed E-state index contributed by atoms with van der Waals surface area (Å²) in [5, 5.41) is 16.8. The fraction of sp³-hybridized carbons (Fsp3) is 0.417. The first-order valence-corrected chi connectivity index (χ1v) is 5.97. The van der Waals surface area contributed by atoms with Gasteiger partial charge in [-0.25, -0.2) is 4.98 Å². The number of fused-ring (bicyclic) bond motifs is 1. The zero-order valence-electron chi connectivity index (χ0n) is 10.1. The van der Waals surface area contributed by atoms with E-state index in [9.17, 15) is 9.90 Å². The molecule has 6 nitrogen and oxygen atoms in total. The van der Waals surface area contributed by atoms with Crippen LogP contribution in [0, 0.1) is 0 Å². The predicted octanol–water partition coefficient (Wildman–Crippen LogP) is 1.29. The van der Waals surface area contributed by atoms with Crippen molar-refractivity contribution in [1.82, 2.24) is 20.1 Å². The average Bonchev–Trinajstić information content (AvgIpc) is 2.74. The Bertz CT molecular complexity index is 603. The largest absolute Gasteiger partial charge is 0.493 e. The van der Waals surface area contributed by atoms with Crippen molar-refractivity contribution < 1.29 is 9.90 Å². The lowest BCUT2D eigenvalue weighted by Gasteiger charge is -2.34. The highest BCUT2D eigenvalue weighted by atomic mass is 16.3. The molecule has 0 aromatic carbocycles. The monoisotopic (exact) mass is 246 g/mol. The normalized spacial score (nSPS) is 15.6. The number of nitrogens with zero attached hydrogens (tertiary/aromatic N) is 3. The van der Waals surface area contributed by atoms with Gasteiger partial charge >= 0.3 is 0 Å². The number of carbonyl (C=O) groups is 1. The number of aromatic hydroxyl groups is 1. The predicted molar refractivity (Wildman–Crippen MR) is 65.3 cm³/mol. The Morgan fingerprint density at radius 2 is 2.33 bits per heavy atom. The van der Waals surface area contributed by atoms with Crippen LogP contribution in [0.15, 0.2) is 12.3 Å². The Kier molecular flexibility index (Phi) is 2.43. The second-order valence-corrected chi connectivity index (χ2v) is 4.66. The van der Waals surface area contributed by atoms with Crippen LogP contribution in [-0.2, 0) is 0 Å². The second kappa shape index (κ2) is 3.97. The van der Waals surface area contributed by atoms with Crippen LogP contribution in [0.1, 0.15) is 29.8 Å². The molecule has 1 saturated carbocycles. The Hall–Kier alpha value is -2.11. The van der Waals surface area contributed by atoms with E-state index in [1.165, 1.54) is 12.6 Å². The SMILES string of the molecule is CN(C(=O)c1cc2[nH]ncc2c(O)n1)C1CCC1. The van der Waals surface area contributed by atoms with Gasteiger partial charge < -0.3 is 10.0 Å². The third-order valence-electron chi connectivity index (χ3n) is 3.58. The van der Waals surface area contributed by atoms with Crippen LogP contribution >= 0.6 is 0 Å². The van der Waals surface area contributed by atoms with Crippen LogP contribution in [0.2, 0.25) is 0 Å². The Balaban J connectivity index is 1.95. The van der Waals surface area contributed by atoms with Crippen molar-refractivity contribution in [1.29, 1.82) is 0 Å². The standard InChI is InChI=1S/C12H14N4O2/c1-16(7-3-2-4-7)12(18)10-5-9-8(6-13-15-9)11(17)14-10/h5-7H,2-4H2,1H3,(H,13,15)(H,14,17). The average molecular weight is 246 g/mol. The summed E-state index contributed by atoms with van der Waals surface area (Å²) >= 11 is 0. The highest BCUT2D eigenvalue weighted by molar-refractivity contribution is 5.96. The molecule has 94 valence electrons. The van der Waals surface area contributed by atoms with Crippen molar-refractivity contribution in [3.8, 4) is 5.88 Å². The van der Waals surface area contributed by atoms with Gasteiger partial charge in [-0.1, -0.05) is 0 Å². The number of hydrogen-bond acceptors (Lipinski definition) is 4. The maximum absolute atomic E-state index is 12.2. The maximum Gasteiger partial charge on any atom is 0.272 e. The smallest absolute Gasteiger partial charge is 0.272 e. The molecule has 2 heterocycles. The molecule has 0 bridgehead atoms. The molecule has 0 atom stereocenters. The van der Waals surface area contributed by atoms with E-state index in [-0.39, 0.29) is 17.5 Å². The zero-order chi connectivity index (χ0) is 12.7. The van der Waals surface area contributed by atoms with E-state index in [0.29, 0.717) is 16.9 Å². The number of hydrogen-bond donors (Lipinski definition) is 2. The number of carbonyl (C=O) groups excluding carboxylic acids is 1. The highest BCUT2D eigenvalue weighted by Crippen LogP contribution is 2.26. The zero-order valence-corrected chi connectivity index (χ0v) is 10.1. The van der Waals surface area contributed by atoms with Crippen molar-refractivity contribution in [3.63, 3.8) is 0 Å². The minimum Gasteiger partial charge on any atom is -0.493 e. The van der Waals surface area contributed by atoms with Crippen molar-refractivity contribution in [2.24, 2.45) is 0 Å². The molecule has 2 N–H and O–H groups in total. The van der Waals surface area contributed by atoms with Crippen LogP contribution < -0.4 is 0 Å². The molecule has 6 heteroatoms. The molecule has 2 aromatic rings. The van der Waals surface area contributed by atoms with E-state index in [1.807, 2.05) is 0 Å². The van der Waals surface area contributed by atoms with Gasteiger partial charge in [0.1, 0.15) is 5.69 Å². The van der Waals surface area contributed by atoms with Gasteiger partial charge in [0.15, 0.2) is 0 Å². The molecular formula is C12H14N4O2. The van der Waals surface area contributed by atoms with E-state index in [4.69, 9.17) is 0 Å². The number of H-pyrrole nitrogens is 1. The van der Waals surface area contributed by atoms with E-state index >= 15 is 0 Å². The van der Waals surface area contributed by atoms with Crippen molar-refractivity contribution >= 4 is 16.8 Å². The van der Waals surface area contributed by atoms with Gasteiger partial charge in [0.25, 0.3) is 5.91 Å². The van der Waals surface area contributed by atoms with Gasteiger partial charge in [0.05, 0.1) is 17.1 Å². The number of pyridine rings is 1. The van der Waals surface area contributed by atoms with Crippen LogP contribution in [0.3, 0.4) is 0 Å². The van der Waals surface area contributed by atoms with Crippen LogP contribution in [0.5, 0.6) is 5.88 Å². The van der Waals surface area contributed by atoms with Gasteiger partial charge in [-0.2, -0.15) is 5.10 Å². The summed E-state index contributed by atoms with van der Waals surface area (Å²) in [7, 11) is 1.78. The summed E-state index contributed by atoms with van der Waals surface area (Å²) in [6, 6.07) is 1.93. The highest BCUT2D eigenvalue weighted by Gasteiger charge is 2.27. The third kappa shape index (κ3) is 1.61. The second-order valence-electron chi connectivity index (χ2n) is 4.66. The minimum absolute atomic E-state index is 0.161. The van der Waals surface area contributed by atoms with Gasteiger partial charge in [-0.05, 0) is 25.3 Å². The molecule has 18 heavy (non-hydrogen) atoms. The molecule has 0 saturated heterocycles. The molecule has 0 radical (unpaired) electrons. The van der Waals surface area contributed by atoms with Gasteiger partial charge in [0.2, 0.25) is 5.88 Å². The summed E-state index contributed by atoms with van der Waals surface area (Å²) in [5.41, 5.74) is 0.867. The number of aromatic nitrogens is 3. The van der Waals surface area contributed by atoms with Crippen LogP contribution in [0.4, 0.5) is 0 Å². The lowest BCUT2D eigenvalue weighted by molar-refractivity contribution is 0.0645. The Morgan fingerprint density at radius 1 is 1.56 bits per heavy atom. The fourth-order valence-corrected chi connectivity index (χ4v) is 2.16. The molecule has 1 fully saturated rings. The van der Waals surface area contributed by atoms with Crippen LogP contribution in [0.25, 0.3) is 10.9 Å². The lowest BCUT2D eigenvalue weighted by Crippen LogP contribution is -2.41. The molecular weight excluding hydrogens is 232 g/mol. The lowest BCUT2D eigenvalue weighted by atomic mass is 9.91. The number of nitrogens with one attached hydrogen (secondary N) is 1.